The summed E-state index contributed by atoms with van der Waals surface area (Å²) >= 11 is 0. The summed E-state index contributed by atoms with van der Waals surface area (Å²) in [4.78, 5) is 0.240. The van der Waals surface area contributed by atoms with Crippen LogP contribution in [0.3, 0.4) is 0 Å². The SMILES string of the molecule is CC(N)C1CCCCN1S(=O)(=O)c1ccccc1-c1ccno1.Cl. The fraction of sp³-hybridized carbons (Fsp3) is 0.438. The van der Waals surface area contributed by atoms with Crippen LogP contribution in [-0.4, -0.2) is 36.5 Å². The molecule has 0 amide bonds. The Balaban J connectivity index is 0.00000208. The molecule has 0 aliphatic carbocycles. The molecular weight excluding hydrogens is 350 g/mol. The van der Waals surface area contributed by atoms with Gasteiger partial charge in [-0.25, -0.2) is 8.42 Å². The normalized spacial score (nSPS) is 20.3. The molecule has 2 N–H and O–H groups in total. The molecule has 1 saturated heterocycles. The minimum atomic E-state index is -3.65. The van der Waals surface area contributed by atoms with E-state index in [1.54, 1.807) is 34.6 Å². The lowest BCUT2D eigenvalue weighted by Gasteiger charge is -2.37. The topological polar surface area (TPSA) is 89.4 Å². The molecule has 1 aliphatic rings. The summed E-state index contributed by atoms with van der Waals surface area (Å²) in [5.74, 6) is 0.443. The van der Waals surface area contributed by atoms with Crippen molar-refractivity contribution in [2.45, 2.75) is 43.2 Å². The second-order valence-electron chi connectivity index (χ2n) is 5.91. The van der Waals surface area contributed by atoms with Crippen molar-refractivity contribution in [1.82, 2.24) is 9.46 Å². The average Bonchev–Trinajstić information content (AvgIpc) is 3.09. The summed E-state index contributed by atoms with van der Waals surface area (Å²) in [7, 11) is -3.65. The Morgan fingerprint density at radius 1 is 1.29 bits per heavy atom. The highest BCUT2D eigenvalue weighted by molar-refractivity contribution is 7.89. The van der Waals surface area contributed by atoms with Gasteiger partial charge >= 0.3 is 0 Å². The molecule has 132 valence electrons. The molecule has 3 rings (SSSR count). The maximum Gasteiger partial charge on any atom is 0.244 e. The first kappa shape index (κ1) is 18.9. The molecule has 1 aliphatic heterocycles. The predicted octanol–water partition coefficient (Wildman–Crippen LogP) is 2.65. The fourth-order valence-electron chi connectivity index (χ4n) is 3.13. The third-order valence-electron chi connectivity index (χ3n) is 4.28. The molecule has 2 unspecified atom stereocenters. The van der Waals surface area contributed by atoms with Crippen molar-refractivity contribution in [3.05, 3.63) is 36.5 Å². The number of benzene rings is 1. The number of hydrogen-bond acceptors (Lipinski definition) is 5. The van der Waals surface area contributed by atoms with E-state index in [0.717, 1.165) is 19.3 Å². The maximum atomic E-state index is 13.2. The molecular formula is C16H22ClN3O3S. The highest BCUT2D eigenvalue weighted by Crippen LogP contribution is 2.32. The third-order valence-corrected chi connectivity index (χ3v) is 6.26. The Labute approximate surface area is 148 Å². The zero-order chi connectivity index (χ0) is 16.4. The molecule has 0 saturated carbocycles. The van der Waals surface area contributed by atoms with Crippen molar-refractivity contribution >= 4 is 22.4 Å². The number of nitrogens with zero attached hydrogens (tertiary/aromatic N) is 2. The zero-order valence-electron chi connectivity index (χ0n) is 13.5. The first-order chi connectivity index (χ1) is 11.0. The number of sulfonamides is 1. The molecule has 24 heavy (non-hydrogen) atoms. The number of rotatable bonds is 4. The number of hydrogen-bond donors (Lipinski definition) is 1. The van der Waals surface area contributed by atoms with Gasteiger partial charge < -0.3 is 10.3 Å². The first-order valence-electron chi connectivity index (χ1n) is 7.79. The molecule has 1 aromatic carbocycles. The van der Waals surface area contributed by atoms with Crippen molar-refractivity contribution < 1.29 is 12.9 Å². The van der Waals surface area contributed by atoms with Gasteiger partial charge in [0.25, 0.3) is 0 Å². The molecule has 0 bridgehead atoms. The number of halogens is 1. The van der Waals surface area contributed by atoms with E-state index < -0.39 is 10.0 Å². The summed E-state index contributed by atoms with van der Waals surface area (Å²) in [6, 6.07) is 8.14. The molecule has 1 aromatic heterocycles. The molecule has 8 heteroatoms. The Hall–Kier alpha value is -1.41. The minimum absolute atomic E-state index is 0. The first-order valence-corrected chi connectivity index (χ1v) is 9.23. The van der Waals surface area contributed by atoms with E-state index in [9.17, 15) is 8.42 Å². The van der Waals surface area contributed by atoms with Gasteiger partial charge in [-0.05, 0) is 31.9 Å². The van der Waals surface area contributed by atoms with E-state index >= 15 is 0 Å². The van der Waals surface area contributed by atoms with Crippen LogP contribution < -0.4 is 5.73 Å². The van der Waals surface area contributed by atoms with Gasteiger partial charge in [0.05, 0.1) is 11.1 Å². The second-order valence-corrected chi connectivity index (χ2v) is 7.77. The van der Waals surface area contributed by atoms with Crippen LogP contribution in [0.4, 0.5) is 0 Å². The molecule has 0 radical (unpaired) electrons. The lowest BCUT2D eigenvalue weighted by atomic mass is 10.00. The minimum Gasteiger partial charge on any atom is -0.356 e. The smallest absolute Gasteiger partial charge is 0.244 e. The average molecular weight is 372 g/mol. The van der Waals surface area contributed by atoms with E-state index in [1.807, 2.05) is 6.92 Å². The molecule has 1 fully saturated rings. The number of aromatic nitrogens is 1. The van der Waals surface area contributed by atoms with Crippen molar-refractivity contribution in [1.29, 1.82) is 0 Å². The number of piperidine rings is 1. The number of nitrogens with two attached hydrogens (primary N) is 1. The Bertz CT molecular complexity index is 763. The summed E-state index contributed by atoms with van der Waals surface area (Å²) in [6.07, 6.45) is 4.15. The van der Waals surface area contributed by atoms with Gasteiger partial charge in [-0.2, -0.15) is 4.31 Å². The van der Waals surface area contributed by atoms with Gasteiger partial charge in [0.2, 0.25) is 10.0 Å². The third kappa shape index (κ3) is 3.49. The summed E-state index contributed by atoms with van der Waals surface area (Å²) < 4.78 is 33.2. The van der Waals surface area contributed by atoms with Crippen LogP contribution in [0.15, 0.2) is 45.9 Å². The molecule has 2 atom stereocenters. The van der Waals surface area contributed by atoms with Gasteiger partial charge in [0.1, 0.15) is 0 Å². The van der Waals surface area contributed by atoms with E-state index in [0.29, 0.717) is 17.9 Å². The van der Waals surface area contributed by atoms with Crippen molar-refractivity contribution in [3.63, 3.8) is 0 Å². The van der Waals surface area contributed by atoms with E-state index in [-0.39, 0.29) is 29.4 Å². The highest BCUT2D eigenvalue weighted by Gasteiger charge is 2.36. The fourth-order valence-corrected chi connectivity index (χ4v) is 5.10. The molecule has 0 spiro atoms. The Kier molecular flexibility index (Phi) is 6.03. The standard InChI is InChI=1S/C16H21N3O3S.ClH/c1-12(17)14-7-4-5-11-19(14)23(20,21)16-8-3-2-6-13(16)15-9-10-18-22-15;/h2-3,6,8-10,12,14H,4-5,7,11,17H2,1H3;1H. The van der Waals surface area contributed by atoms with Gasteiger partial charge in [0.15, 0.2) is 5.76 Å². The van der Waals surface area contributed by atoms with Crippen LogP contribution in [0.2, 0.25) is 0 Å². The summed E-state index contributed by atoms with van der Waals surface area (Å²) in [6.45, 7) is 2.36. The van der Waals surface area contributed by atoms with Crippen molar-refractivity contribution in [3.8, 4) is 11.3 Å². The Morgan fingerprint density at radius 3 is 2.71 bits per heavy atom. The zero-order valence-corrected chi connectivity index (χ0v) is 15.1. The van der Waals surface area contributed by atoms with Gasteiger partial charge in [-0.15, -0.1) is 12.4 Å². The molecule has 2 heterocycles. The quantitative estimate of drug-likeness (QED) is 0.892. The largest absolute Gasteiger partial charge is 0.356 e. The van der Waals surface area contributed by atoms with Crippen LogP contribution in [0, 0.1) is 0 Å². The van der Waals surface area contributed by atoms with Gasteiger partial charge in [-0.3, -0.25) is 0 Å². The predicted molar refractivity (Wildman–Crippen MR) is 94.4 cm³/mol. The lowest BCUT2D eigenvalue weighted by Crippen LogP contribution is -2.51. The van der Waals surface area contributed by atoms with Crippen LogP contribution >= 0.6 is 12.4 Å². The van der Waals surface area contributed by atoms with E-state index in [1.165, 1.54) is 6.20 Å². The summed E-state index contributed by atoms with van der Waals surface area (Å²) in [5, 5.41) is 3.67. The van der Waals surface area contributed by atoms with Crippen LogP contribution in [0.1, 0.15) is 26.2 Å². The highest BCUT2D eigenvalue weighted by atomic mass is 35.5. The second kappa shape index (κ2) is 7.65. The van der Waals surface area contributed by atoms with Crippen LogP contribution in [-0.2, 0) is 10.0 Å². The van der Waals surface area contributed by atoms with Crippen molar-refractivity contribution in [2.75, 3.05) is 6.54 Å². The molecule has 2 aromatic rings. The van der Waals surface area contributed by atoms with Gasteiger partial charge in [0, 0.05) is 30.3 Å². The lowest BCUT2D eigenvalue weighted by molar-refractivity contribution is 0.227. The monoisotopic (exact) mass is 371 g/mol. The maximum absolute atomic E-state index is 13.2. The van der Waals surface area contributed by atoms with Crippen molar-refractivity contribution in [2.24, 2.45) is 5.73 Å². The van der Waals surface area contributed by atoms with Crippen LogP contribution in [0.25, 0.3) is 11.3 Å². The molecule has 6 nitrogen and oxygen atoms in total. The van der Waals surface area contributed by atoms with E-state index in [4.69, 9.17) is 10.3 Å². The van der Waals surface area contributed by atoms with Gasteiger partial charge in [-0.1, -0.05) is 23.7 Å². The summed E-state index contributed by atoms with van der Waals surface area (Å²) in [5.41, 5.74) is 6.56. The Morgan fingerprint density at radius 2 is 2.04 bits per heavy atom. The van der Waals surface area contributed by atoms with Crippen LogP contribution in [0.5, 0.6) is 0 Å². The van der Waals surface area contributed by atoms with E-state index in [2.05, 4.69) is 5.16 Å².